The third kappa shape index (κ3) is 3.22. The van der Waals surface area contributed by atoms with Crippen LogP contribution in [0.2, 0.25) is 0 Å². The highest BCUT2D eigenvalue weighted by molar-refractivity contribution is 7.89. The Balaban J connectivity index is 1.81. The van der Waals surface area contributed by atoms with Crippen LogP contribution in [0.4, 0.5) is 5.95 Å². The Morgan fingerprint density at radius 1 is 1.12 bits per heavy atom. The summed E-state index contributed by atoms with van der Waals surface area (Å²) in [6.07, 6.45) is 1.25. The summed E-state index contributed by atoms with van der Waals surface area (Å²) in [6, 6.07) is 13.6. The normalized spacial score (nSPS) is 13.5. The number of anilines is 1. The molecule has 0 radical (unpaired) electrons. The second kappa shape index (κ2) is 6.25. The minimum Gasteiger partial charge on any atom is -0.354 e. The van der Waals surface area contributed by atoms with E-state index in [2.05, 4.69) is 14.9 Å². The van der Waals surface area contributed by atoms with Crippen LogP contribution in [0.15, 0.2) is 42.5 Å². The van der Waals surface area contributed by atoms with Crippen LogP contribution >= 0.6 is 0 Å². The molecule has 0 bridgehead atoms. The van der Waals surface area contributed by atoms with Crippen LogP contribution < -0.4 is 5.32 Å². The number of nitrogens with zero attached hydrogens (tertiary/aromatic N) is 3. The van der Waals surface area contributed by atoms with Gasteiger partial charge in [-0.1, -0.05) is 30.3 Å². The highest BCUT2D eigenvalue weighted by atomic mass is 32.2. The molecule has 0 aliphatic carbocycles. The first kappa shape index (κ1) is 16.8. The molecule has 0 fully saturated rings. The van der Waals surface area contributed by atoms with Crippen LogP contribution in [0, 0.1) is 6.92 Å². The number of hydrogen-bond donors (Lipinski definition) is 1. The molecule has 0 saturated carbocycles. The minimum atomic E-state index is -3.05. The number of hydrogen-bond acceptors (Lipinski definition) is 5. The molecule has 1 N–H and O–H groups in total. The molecule has 0 saturated heterocycles. The van der Waals surface area contributed by atoms with E-state index in [0.717, 1.165) is 52.9 Å². The second-order valence-corrected chi connectivity index (χ2v) is 8.78. The lowest BCUT2D eigenvalue weighted by Crippen LogP contribution is -2.01. The molecule has 134 valence electrons. The van der Waals surface area contributed by atoms with Gasteiger partial charge >= 0.3 is 0 Å². The van der Waals surface area contributed by atoms with Gasteiger partial charge in [-0.05, 0) is 24.6 Å². The van der Waals surface area contributed by atoms with Gasteiger partial charge in [0, 0.05) is 30.6 Å². The van der Waals surface area contributed by atoms with E-state index in [1.165, 1.54) is 6.26 Å². The van der Waals surface area contributed by atoms with Crippen molar-refractivity contribution in [3.63, 3.8) is 0 Å². The summed E-state index contributed by atoms with van der Waals surface area (Å²) >= 11 is 0. The Bertz CT molecular complexity index is 1070. The molecule has 3 heterocycles. The molecule has 6 nitrogen and oxygen atoms in total. The summed E-state index contributed by atoms with van der Waals surface area (Å²) in [5.41, 5.74) is 5.41. The van der Waals surface area contributed by atoms with Gasteiger partial charge in [-0.25, -0.2) is 13.4 Å². The maximum absolute atomic E-state index is 11.5. The van der Waals surface area contributed by atoms with Crippen molar-refractivity contribution in [3.05, 3.63) is 53.7 Å². The predicted molar refractivity (Wildman–Crippen MR) is 103 cm³/mol. The SMILES string of the molecule is Cc1cccc(-c2nc3n(c2-c2ccc(CS(C)(=O)=O)cc2)CCN3)n1. The van der Waals surface area contributed by atoms with Crippen molar-refractivity contribution in [3.8, 4) is 22.6 Å². The summed E-state index contributed by atoms with van der Waals surface area (Å²) in [6.45, 7) is 3.66. The predicted octanol–water partition coefficient (Wildman–Crippen LogP) is 2.89. The fourth-order valence-electron chi connectivity index (χ4n) is 3.29. The third-order valence-electron chi connectivity index (χ3n) is 4.37. The van der Waals surface area contributed by atoms with E-state index in [0.29, 0.717) is 0 Å². The largest absolute Gasteiger partial charge is 0.354 e. The molecular weight excluding hydrogens is 348 g/mol. The van der Waals surface area contributed by atoms with Crippen LogP contribution in [0.25, 0.3) is 22.6 Å². The summed E-state index contributed by atoms with van der Waals surface area (Å²) < 4.78 is 25.2. The monoisotopic (exact) mass is 368 g/mol. The highest BCUT2D eigenvalue weighted by Gasteiger charge is 2.23. The van der Waals surface area contributed by atoms with Crippen molar-refractivity contribution in [1.82, 2.24) is 14.5 Å². The third-order valence-corrected chi connectivity index (χ3v) is 5.23. The fourth-order valence-corrected chi connectivity index (χ4v) is 4.09. The molecule has 0 unspecified atom stereocenters. The lowest BCUT2D eigenvalue weighted by Gasteiger charge is -2.09. The zero-order chi connectivity index (χ0) is 18.3. The molecule has 7 heteroatoms. The smallest absolute Gasteiger partial charge is 0.204 e. The molecule has 0 spiro atoms. The van der Waals surface area contributed by atoms with Gasteiger partial charge < -0.3 is 9.88 Å². The second-order valence-electron chi connectivity index (χ2n) is 6.64. The summed E-state index contributed by atoms with van der Waals surface area (Å²) in [7, 11) is -3.05. The number of imidazole rings is 1. The molecule has 4 rings (SSSR count). The fraction of sp³-hybridized carbons (Fsp3) is 0.263. The number of rotatable bonds is 4. The minimum absolute atomic E-state index is 0.0473. The molecule has 1 aliphatic heterocycles. The van der Waals surface area contributed by atoms with Crippen LogP contribution in [-0.2, 0) is 22.1 Å². The number of aromatic nitrogens is 3. The number of benzene rings is 1. The number of aryl methyl sites for hydroxylation is 1. The Morgan fingerprint density at radius 2 is 1.88 bits per heavy atom. The average Bonchev–Trinajstić information content (AvgIpc) is 3.15. The van der Waals surface area contributed by atoms with Gasteiger partial charge in [0.1, 0.15) is 5.69 Å². The van der Waals surface area contributed by atoms with Crippen molar-refractivity contribution >= 4 is 15.8 Å². The van der Waals surface area contributed by atoms with E-state index in [1.54, 1.807) is 0 Å². The first-order valence-electron chi connectivity index (χ1n) is 8.46. The zero-order valence-electron chi connectivity index (χ0n) is 14.7. The number of nitrogens with one attached hydrogen (secondary N) is 1. The first-order valence-corrected chi connectivity index (χ1v) is 10.5. The van der Waals surface area contributed by atoms with Crippen molar-refractivity contribution in [2.45, 2.75) is 19.2 Å². The van der Waals surface area contributed by atoms with Crippen LogP contribution in [0.3, 0.4) is 0 Å². The van der Waals surface area contributed by atoms with Gasteiger partial charge in [-0.2, -0.15) is 0 Å². The van der Waals surface area contributed by atoms with E-state index in [1.807, 2.05) is 49.4 Å². The Labute approximate surface area is 152 Å². The maximum atomic E-state index is 11.5. The number of fused-ring (bicyclic) bond motifs is 1. The molecule has 0 amide bonds. The van der Waals surface area contributed by atoms with Gasteiger partial charge in [0.2, 0.25) is 5.95 Å². The molecular formula is C19H20N4O2S. The molecule has 26 heavy (non-hydrogen) atoms. The molecule has 1 aliphatic rings. The highest BCUT2D eigenvalue weighted by Crippen LogP contribution is 2.35. The Morgan fingerprint density at radius 3 is 2.58 bits per heavy atom. The summed E-state index contributed by atoms with van der Waals surface area (Å²) in [4.78, 5) is 9.38. The van der Waals surface area contributed by atoms with Gasteiger partial charge in [-0.15, -0.1) is 0 Å². The van der Waals surface area contributed by atoms with E-state index in [-0.39, 0.29) is 5.75 Å². The van der Waals surface area contributed by atoms with Crippen molar-refractivity contribution in [1.29, 1.82) is 0 Å². The standard InChI is InChI=1S/C19H20N4O2S/c1-13-4-3-5-16(21-13)17-18(23-11-10-20-19(23)22-17)15-8-6-14(7-9-15)12-26(2,24)25/h3-9H,10-12H2,1-2H3,(H,20,22). The van der Waals surface area contributed by atoms with Gasteiger partial charge in [-0.3, -0.25) is 4.98 Å². The van der Waals surface area contributed by atoms with Crippen molar-refractivity contribution in [2.75, 3.05) is 18.1 Å². The Kier molecular flexibility index (Phi) is 4.03. The van der Waals surface area contributed by atoms with E-state index in [9.17, 15) is 8.42 Å². The molecule has 1 aromatic carbocycles. The lowest BCUT2D eigenvalue weighted by molar-refractivity contribution is 0.601. The van der Waals surface area contributed by atoms with Crippen molar-refractivity contribution in [2.24, 2.45) is 0 Å². The lowest BCUT2D eigenvalue weighted by atomic mass is 10.1. The van der Waals surface area contributed by atoms with Crippen molar-refractivity contribution < 1.29 is 8.42 Å². The average molecular weight is 368 g/mol. The topological polar surface area (TPSA) is 76.9 Å². The first-order chi connectivity index (χ1) is 12.4. The molecule has 2 aromatic heterocycles. The summed E-state index contributed by atoms with van der Waals surface area (Å²) in [5, 5.41) is 3.30. The van der Waals surface area contributed by atoms with Crippen LogP contribution in [-0.4, -0.2) is 35.8 Å². The van der Waals surface area contributed by atoms with Gasteiger partial charge in [0.25, 0.3) is 0 Å². The quantitative estimate of drug-likeness (QED) is 0.766. The van der Waals surface area contributed by atoms with E-state index >= 15 is 0 Å². The van der Waals surface area contributed by atoms with E-state index < -0.39 is 9.84 Å². The zero-order valence-corrected chi connectivity index (χ0v) is 15.5. The number of sulfone groups is 1. The summed E-state index contributed by atoms with van der Waals surface area (Å²) in [5.74, 6) is 0.893. The van der Waals surface area contributed by atoms with Crippen LogP contribution in [0.1, 0.15) is 11.3 Å². The maximum Gasteiger partial charge on any atom is 0.204 e. The number of pyridine rings is 1. The Hall–Kier alpha value is -2.67. The molecule has 0 atom stereocenters. The van der Waals surface area contributed by atoms with Gasteiger partial charge in [0.15, 0.2) is 9.84 Å². The van der Waals surface area contributed by atoms with Gasteiger partial charge in [0.05, 0.1) is 17.1 Å². The molecule has 3 aromatic rings. The van der Waals surface area contributed by atoms with Crippen LogP contribution in [0.5, 0.6) is 0 Å². The van der Waals surface area contributed by atoms with E-state index in [4.69, 9.17) is 4.98 Å².